The van der Waals surface area contributed by atoms with Crippen molar-refractivity contribution in [3.63, 3.8) is 0 Å². The van der Waals surface area contributed by atoms with Gasteiger partial charge in [-0.25, -0.2) is 0 Å². The predicted molar refractivity (Wildman–Crippen MR) is 87.8 cm³/mol. The Kier molecular flexibility index (Phi) is 8.32. The number of benzene rings is 1. The summed E-state index contributed by atoms with van der Waals surface area (Å²) in [5.74, 6) is 0.844. The zero-order chi connectivity index (χ0) is 15.5. The third kappa shape index (κ3) is 8.23. The van der Waals surface area contributed by atoms with Gasteiger partial charge in [-0.05, 0) is 32.4 Å². The molecule has 1 aromatic rings. The Morgan fingerprint density at radius 2 is 2.05 bits per heavy atom. The summed E-state index contributed by atoms with van der Waals surface area (Å²) in [4.78, 5) is 11.6. The molecule has 0 aliphatic rings. The summed E-state index contributed by atoms with van der Waals surface area (Å²) in [5, 5.41) is 5.96. The van der Waals surface area contributed by atoms with Crippen LogP contribution in [0.15, 0.2) is 24.3 Å². The van der Waals surface area contributed by atoms with E-state index < -0.39 is 0 Å². The fourth-order valence-corrected chi connectivity index (χ4v) is 1.97. The molecule has 0 radical (unpaired) electrons. The number of nitrogens with one attached hydrogen (secondary N) is 2. The van der Waals surface area contributed by atoms with Crippen LogP contribution in [0, 0.1) is 0 Å². The van der Waals surface area contributed by atoms with Gasteiger partial charge in [-0.3, -0.25) is 4.79 Å². The van der Waals surface area contributed by atoms with Crippen molar-refractivity contribution in [2.75, 3.05) is 18.5 Å². The van der Waals surface area contributed by atoms with Crippen molar-refractivity contribution in [2.45, 2.75) is 52.5 Å². The van der Waals surface area contributed by atoms with Crippen LogP contribution in [-0.2, 0) is 4.79 Å². The number of amides is 1. The third-order valence-electron chi connectivity index (χ3n) is 3.00. The average molecular weight is 292 g/mol. The van der Waals surface area contributed by atoms with Crippen molar-refractivity contribution in [3.05, 3.63) is 24.3 Å². The molecule has 1 rings (SSSR count). The first kappa shape index (κ1) is 17.3. The smallest absolute Gasteiger partial charge is 0.239 e. The molecular formula is C17H28N2O2. The highest BCUT2D eigenvalue weighted by Gasteiger charge is 2.03. The van der Waals surface area contributed by atoms with Crippen molar-refractivity contribution in [2.24, 2.45) is 0 Å². The Morgan fingerprint density at radius 1 is 1.24 bits per heavy atom. The van der Waals surface area contributed by atoms with Gasteiger partial charge in [-0.15, -0.1) is 0 Å². The summed E-state index contributed by atoms with van der Waals surface area (Å²) in [5.41, 5.74) is 0.903. The van der Waals surface area contributed by atoms with Crippen LogP contribution in [0.5, 0.6) is 5.75 Å². The lowest BCUT2D eigenvalue weighted by Gasteiger charge is -2.11. The van der Waals surface area contributed by atoms with Gasteiger partial charge in [0.1, 0.15) is 5.75 Å². The van der Waals surface area contributed by atoms with E-state index in [4.69, 9.17) is 4.74 Å². The maximum absolute atomic E-state index is 11.6. The van der Waals surface area contributed by atoms with E-state index in [0.29, 0.717) is 0 Å². The highest BCUT2D eigenvalue weighted by Crippen LogP contribution is 2.17. The topological polar surface area (TPSA) is 50.4 Å². The largest absolute Gasteiger partial charge is 0.494 e. The molecule has 1 aromatic carbocycles. The normalized spacial score (nSPS) is 10.5. The molecule has 0 aromatic heterocycles. The predicted octanol–water partition coefficient (Wildman–Crippen LogP) is 3.58. The van der Waals surface area contributed by atoms with Crippen LogP contribution in [0.4, 0.5) is 5.69 Å². The summed E-state index contributed by atoms with van der Waals surface area (Å²) in [6.07, 6.45) is 4.79. The summed E-state index contributed by atoms with van der Waals surface area (Å²) in [7, 11) is 0. The lowest BCUT2D eigenvalue weighted by molar-refractivity contribution is -0.119. The molecule has 0 heterocycles. The molecule has 0 saturated carbocycles. The van der Waals surface area contributed by atoms with Crippen LogP contribution in [0.1, 0.15) is 46.5 Å². The summed E-state index contributed by atoms with van der Waals surface area (Å²) < 4.78 is 5.72. The van der Waals surface area contributed by atoms with E-state index >= 15 is 0 Å². The zero-order valence-electron chi connectivity index (χ0n) is 13.4. The molecule has 0 unspecified atom stereocenters. The first-order valence-corrected chi connectivity index (χ1v) is 7.88. The fourth-order valence-electron chi connectivity index (χ4n) is 1.97. The molecule has 118 valence electrons. The van der Waals surface area contributed by atoms with Crippen LogP contribution in [0.3, 0.4) is 0 Å². The molecule has 1 amide bonds. The Bertz CT molecular complexity index is 419. The van der Waals surface area contributed by atoms with Gasteiger partial charge in [0.15, 0.2) is 0 Å². The van der Waals surface area contributed by atoms with Crippen molar-refractivity contribution < 1.29 is 9.53 Å². The minimum absolute atomic E-state index is 0.00381. The molecular weight excluding hydrogens is 264 g/mol. The Balaban J connectivity index is 2.33. The Morgan fingerprint density at radius 3 is 2.76 bits per heavy atom. The number of unbranched alkanes of at least 4 members (excludes halogenated alkanes) is 3. The molecule has 0 aliphatic carbocycles. The van der Waals surface area contributed by atoms with Gasteiger partial charge < -0.3 is 15.4 Å². The summed E-state index contributed by atoms with van der Waals surface area (Å²) >= 11 is 0. The van der Waals surface area contributed by atoms with Gasteiger partial charge in [-0.2, -0.15) is 0 Å². The SMILES string of the molecule is CCCCCCOc1cccc(NCC(=O)NC(C)C)c1. The van der Waals surface area contributed by atoms with Crippen molar-refractivity contribution >= 4 is 11.6 Å². The highest BCUT2D eigenvalue weighted by molar-refractivity contribution is 5.80. The monoisotopic (exact) mass is 292 g/mol. The van der Waals surface area contributed by atoms with E-state index in [1.165, 1.54) is 19.3 Å². The maximum Gasteiger partial charge on any atom is 0.239 e. The number of hydrogen-bond acceptors (Lipinski definition) is 3. The van der Waals surface area contributed by atoms with Gasteiger partial charge in [0.2, 0.25) is 5.91 Å². The minimum Gasteiger partial charge on any atom is -0.494 e. The minimum atomic E-state index is -0.00381. The van der Waals surface area contributed by atoms with E-state index in [1.807, 2.05) is 38.1 Å². The van der Waals surface area contributed by atoms with E-state index in [1.54, 1.807) is 0 Å². The van der Waals surface area contributed by atoms with Crippen LogP contribution in [-0.4, -0.2) is 25.1 Å². The molecule has 0 fully saturated rings. The average Bonchev–Trinajstić information content (AvgIpc) is 2.45. The molecule has 0 saturated heterocycles. The quantitative estimate of drug-likeness (QED) is 0.648. The number of carbonyl (C=O) groups is 1. The van der Waals surface area contributed by atoms with Crippen LogP contribution in [0.25, 0.3) is 0 Å². The van der Waals surface area contributed by atoms with Gasteiger partial charge in [-0.1, -0.05) is 32.3 Å². The third-order valence-corrected chi connectivity index (χ3v) is 3.00. The molecule has 0 spiro atoms. The van der Waals surface area contributed by atoms with Gasteiger partial charge in [0.25, 0.3) is 0 Å². The summed E-state index contributed by atoms with van der Waals surface area (Å²) in [6.45, 7) is 7.12. The second-order valence-corrected chi connectivity index (χ2v) is 5.51. The number of anilines is 1. The van der Waals surface area contributed by atoms with Crippen LogP contribution in [0.2, 0.25) is 0 Å². The molecule has 0 aliphatic heterocycles. The van der Waals surface area contributed by atoms with Crippen molar-refractivity contribution in [3.8, 4) is 5.75 Å². The molecule has 2 N–H and O–H groups in total. The number of hydrogen-bond donors (Lipinski definition) is 2. The van der Waals surface area contributed by atoms with E-state index in [2.05, 4.69) is 17.6 Å². The van der Waals surface area contributed by atoms with Crippen molar-refractivity contribution in [1.82, 2.24) is 5.32 Å². The highest BCUT2D eigenvalue weighted by atomic mass is 16.5. The number of rotatable bonds is 10. The molecule has 4 heteroatoms. The number of carbonyl (C=O) groups excluding carboxylic acids is 1. The molecule has 21 heavy (non-hydrogen) atoms. The standard InChI is InChI=1S/C17H28N2O2/c1-4-5-6-7-11-21-16-10-8-9-15(12-16)18-13-17(20)19-14(2)3/h8-10,12,14,18H,4-7,11,13H2,1-3H3,(H,19,20). The van der Waals surface area contributed by atoms with E-state index in [-0.39, 0.29) is 18.5 Å². The first-order valence-electron chi connectivity index (χ1n) is 7.88. The van der Waals surface area contributed by atoms with Crippen LogP contribution < -0.4 is 15.4 Å². The lowest BCUT2D eigenvalue weighted by Crippen LogP contribution is -2.34. The first-order chi connectivity index (χ1) is 10.1. The second kappa shape index (κ2) is 10.1. The van der Waals surface area contributed by atoms with E-state index in [0.717, 1.165) is 24.5 Å². The van der Waals surface area contributed by atoms with Gasteiger partial charge in [0, 0.05) is 17.8 Å². The Labute approximate surface area is 128 Å². The van der Waals surface area contributed by atoms with Crippen LogP contribution >= 0.6 is 0 Å². The molecule has 4 nitrogen and oxygen atoms in total. The van der Waals surface area contributed by atoms with Crippen molar-refractivity contribution in [1.29, 1.82) is 0 Å². The Hall–Kier alpha value is -1.71. The van der Waals surface area contributed by atoms with Gasteiger partial charge >= 0.3 is 0 Å². The zero-order valence-corrected chi connectivity index (χ0v) is 13.4. The second-order valence-electron chi connectivity index (χ2n) is 5.51. The molecule has 0 bridgehead atoms. The van der Waals surface area contributed by atoms with Gasteiger partial charge in [0.05, 0.1) is 13.2 Å². The fraction of sp³-hybridized carbons (Fsp3) is 0.588. The maximum atomic E-state index is 11.6. The summed E-state index contributed by atoms with van der Waals surface area (Å²) in [6, 6.07) is 7.91. The number of ether oxygens (including phenoxy) is 1. The lowest BCUT2D eigenvalue weighted by atomic mass is 10.2. The molecule has 0 atom stereocenters. The van der Waals surface area contributed by atoms with E-state index in [9.17, 15) is 4.79 Å².